The van der Waals surface area contributed by atoms with Crippen molar-refractivity contribution in [2.45, 2.75) is 41.0 Å². The fourth-order valence-corrected chi connectivity index (χ4v) is 1.95. The van der Waals surface area contributed by atoms with Gasteiger partial charge in [-0.1, -0.05) is 41.0 Å². The van der Waals surface area contributed by atoms with Crippen molar-refractivity contribution in [1.82, 2.24) is 15.5 Å². The molecule has 144 valence electrons. The summed E-state index contributed by atoms with van der Waals surface area (Å²) < 4.78 is 11.0. The summed E-state index contributed by atoms with van der Waals surface area (Å²) in [7, 11) is 0. The Morgan fingerprint density at radius 3 is 2.12 bits per heavy atom. The summed E-state index contributed by atoms with van der Waals surface area (Å²) in [5.41, 5.74) is -0.340. The summed E-state index contributed by atoms with van der Waals surface area (Å²) in [6.07, 6.45) is 1.25. The highest BCUT2D eigenvalue weighted by molar-refractivity contribution is 5.81. The zero-order chi connectivity index (χ0) is 18.3. The van der Waals surface area contributed by atoms with Gasteiger partial charge >= 0.3 is 0 Å². The third-order valence-corrected chi connectivity index (χ3v) is 3.35. The van der Waals surface area contributed by atoms with Crippen LogP contribution in [0.15, 0.2) is 0 Å². The van der Waals surface area contributed by atoms with Gasteiger partial charge in [-0.25, -0.2) is 0 Å². The van der Waals surface area contributed by atoms with Crippen LogP contribution in [0.3, 0.4) is 0 Å². The van der Waals surface area contributed by atoms with Gasteiger partial charge in [-0.3, -0.25) is 9.69 Å². The number of rotatable bonds is 9. The van der Waals surface area contributed by atoms with Crippen LogP contribution in [0.4, 0.5) is 0 Å². The lowest BCUT2D eigenvalue weighted by Gasteiger charge is -2.26. The Labute approximate surface area is 148 Å². The Morgan fingerprint density at radius 1 is 1.04 bits per heavy atom. The molecule has 0 unspecified atom stereocenters. The molecule has 1 aliphatic heterocycles. The SMILES string of the molecule is CC(C)(C)C(=O)NCCOCCOCCN1CCNCC1.CCC. The van der Waals surface area contributed by atoms with E-state index in [0.717, 1.165) is 39.3 Å². The number of hydrogen-bond donors (Lipinski definition) is 2. The van der Waals surface area contributed by atoms with Crippen LogP contribution in [0.5, 0.6) is 0 Å². The van der Waals surface area contributed by atoms with Crippen LogP contribution in [-0.4, -0.2) is 76.5 Å². The van der Waals surface area contributed by atoms with Gasteiger partial charge in [-0.2, -0.15) is 0 Å². The van der Waals surface area contributed by atoms with Crippen molar-refractivity contribution in [2.24, 2.45) is 5.41 Å². The molecule has 0 aliphatic carbocycles. The minimum Gasteiger partial charge on any atom is -0.378 e. The van der Waals surface area contributed by atoms with Gasteiger partial charge in [-0.15, -0.1) is 0 Å². The van der Waals surface area contributed by atoms with E-state index in [4.69, 9.17) is 9.47 Å². The zero-order valence-electron chi connectivity index (χ0n) is 16.5. The van der Waals surface area contributed by atoms with Gasteiger partial charge in [0.05, 0.1) is 26.4 Å². The van der Waals surface area contributed by atoms with Gasteiger partial charge < -0.3 is 20.1 Å². The summed E-state index contributed by atoms with van der Waals surface area (Å²) in [6, 6.07) is 0. The molecule has 0 aromatic carbocycles. The predicted molar refractivity (Wildman–Crippen MR) is 99.4 cm³/mol. The van der Waals surface area contributed by atoms with Crippen molar-refractivity contribution in [2.75, 3.05) is 65.7 Å². The Kier molecular flexibility index (Phi) is 14.2. The van der Waals surface area contributed by atoms with E-state index >= 15 is 0 Å². The van der Waals surface area contributed by atoms with Crippen LogP contribution in [0, 0.1) is 5.41 Å². The first-order valence-electron chi connectivity index (χ1n) is 9.28. The molecule has 0 aromatic rings. The third-order valence-electron chi connectivity index (χ3n) is 3.35. The van der Waals surface area contributed by atoms with Gasteiger partial charge in [0.1, 0.15) is 0 Å². The van der Waals surface area contributed by atoms with Crippen LogP contribution in [-0.2, 0) is 14.3 Å². The van der Waals surface area contributed by atoms with Crippen molar-refractivity contribution < 1.29 is 14.3 Å². The van der Waals surface area contributed by atoms with E-state index in [-0.39, 0.29) is 11.3 Å². The maximum atomic E-state index is 11.6. The first kappa shape index (κ1) is 23.3. The number of carbonyl (C=O) groups excluding carboxylic acids is 1. The highest BCUT2D eigenvalue weighted by Crippen LogP contribution is 2.11. The smallest absolute Gasteiger partial charge is 0.225 e. The van der Waals surface area contributed by atoms with Gasteiger partial charge in [0.2, 0.25) is 5.91 Å². The highest BCUT2D eigenvalue weighted by atomic mass is 16.5. The largest absolute Gasteiger partial charge is 0.378 e. The van der Waals surface area contributed by atoms with Crippen LogP contribution in [0.25, 0.3) is 0 Å². The number of piperazine rings is 1. The molecular formula is C18H39N3O3. The lowest BCUT2D eigenvalue weighted by Crippen LogP contribution is -2.44. The van der Waals surface area contributed by atoms with E-state index < -0.39 is 0 Å². The number of hydrogen-bond acceptors (Lipinski definition) is 5. The number of carbonyl (C=O) groups is 1. The number of ether oxygens (including phenoxy) is 2. The fourth-order valence-electron chi connectivity index (χ4n) is 1.95. The molecule has 1 heterocycles. The van der Waals surface area contributed by atoms with Gasteiger partial charge in [-0.05, 0) is 0 Å². The summed E-state index contributed by atoms with van der Waals surface area (Å²) in [5.74, 6) is 0.0540. The third kappa shape index (κ3) is 13.7. The van der Waals surface area contributed by atoms with Crippen molar-refractivity contribution >= 4 is 5.91 Å². The van der Waals surface area contributed by atoms with Crippen LogP contribution in [0.2, 0.25) is 0 Å². The first-order chi connectivity index (χ1) is 11.4. The predicted octanol–water partition coefficient (Wildman–Crippen LogP) is 1.50. The van der Waals surface area contributed by atoms with Crippen LogP contribution >= 0.6 is 0 Å². The molecule has 0 spiro atoms. The molecule has 0 bridgehead atoms. The monoisotopic (exact) mass is 345 g/mol. The second-order valence-corrected chi connectivity index (χ2v) is 7.03. The topological polar surface area (TPSA) is 62.8 Å². The van der Waals surface area contributed by atoms with Crippen molar-refractivity contribution in [3.8, 4) is 0 Å². The second-order valence-electron chi connectivity index (χ2n) is 7.03. The molecular weight excluding hydrogens is 306 g/mol. The highest BCUT2D eigenvalue weighted by Gasteiger charge is 2.20. The molecule has 1 aliphatic rings. The minimum absolute atomic E-state index is 0.0540. The molecule has 0 saturated carbocycles. The molecule has 6 heteroatoms. The standard InChI is InChI=1S/C15H31N3O3.C3H8/c1-15(2,3)14(19)17-6-10-20-12-13-21-11-9-18-7-4-16-5-8-18;1-3-2/h16H,4-13H2,1-3H3,(H,17,19);3H2,1-2H3. The molecule has 1 rings (SSSR count). The van der Waals surface area contributed by atoms with Crippen LogP contribution < -0.4 is 10.6 Å². The molecule has 0 aromatic heterocycles. The Balaban J connectivity index is 0.00000163. The van der Waals surface area contributed by atoms with E-state index in [2.05, 4.69) is 29.4 Å². The lowest BCUT2D eigenvalue weighted by atomic mass is 9.96. The zero-order valence-corrected chi connectivity index (χ0v) is 16.5. The quantitative estimate of drug-likeness (QED) is 0.620. The minimum atomic E-state index is -0.340. The summed E-state index contributed by atoms with van der Waals surface area (Å²) in [5, 5.41) is 6.18. The second kappa shape index (κ2) is 14.6. The molecule has 1 amide bonds. The molecule has 0 radical (unpaired) electrons. The fraction of sp³-hybridized carbons (Fsp3) is 0.944. The lowest BCUT2D eigenvalue weighted by molar-refractivity contribution is -0.128. The van der Waals surface area contributed by atoms with Gasteiger partial charge in [0, 0.05) is 44.7 Å². The van der Waals surface area contributed by atoms with Gasteiger partial charge in [0.25, 0.3) is 0 Å². The summed E-state index contributed by atoms with van der Waals surface area (Å²) in [4.78, 5) is 14.0. The maximum absolute atomic E-state index is 11.6. The molecule has 24 heavy (non-hydrogen) atoms. The van der Waals surface area contributed by atoms with Crippen molar-refractivity contribution in [3.05, 3.63) is 0 Å². The average Bonchev–Trinajstić information content (AvgIpc) is 2.54. The van der Waals surface area contributed by atoms with E-state index in [0.29, 0.717) is 26.4 Å². The Morgan fingerprint density at radius 2 is 1.58 bits per heavy atom. The molecule has 6 nitrogen and oxygen atoms in total. The summed E-state index contributed by atoms with van der Waals surface area (Å²) >= 11 is 0. The van der Waals surface area contributed by atoms with E-state index in [9.17, 15) is 4.79 Å². The van der Waals surface area contributed by atoms with Crippen LogP contribution in [0.1, 0.15) is 41.0 Å². The summed E-state index contributed by atoms with van der Waals surface area (Å²) in [6.45, 7) is 18.3. The first-order valence-corrected chi connectivity index (χ1v) is 9.28. The molecule has 2 N–H and O–H groups in total. The molecule has 1 fully saturated rings. The number of nitrogens with one attached hydrogen (secondary N) is 2. The average molecular weight is 346 g/mol. The van der Waals surface area contributed by atoms with Gasteiger partial charge in [0.15, 0.2) is 0 Å². The van der Waals surface area contributed by atoms with Crippen molar-refractivity contribution in [3.63, 3.8) is 0 Å². The molecule has 1 saturated heterocycles. The van der Waals surface area contributed by atoms with E-state index in [1.54, 1.807) is 0 Å². The Hall–Kier alpha value is -0.690. The maximum Gasteiger partial charge on any atom is 0.225 e. The van der Waals surface area contributed by atoms with E-state index in [1.807, 2.05) is 20.8 Å². The molecule has 0 atom stereocenters. The van der Waals surface area contributed by atoms with Crippen molar-refractivity contribution in [1.29, 1.82) is 0 Å². The Bertz CT molecular complexity index is 300. The number of nitrogens with zero attached hydrogens (tertiary/aromatic N) is 1. The van der Waals surface area contributed by atoms with E-state index in [1.165, 1.54) is 6.42 Å². The normalized spacial score (nSPS) is 15.5. The number of amides is 1.